The fraction of sp³-hybridized carbons (Fsp3) is 0. The van der Waals surface area contributed by atoms with Crippen molar-refractivity contribution in [3.05, 3.63) is 78.9 Å². The van der Waals surface area contributed by atoms with Crippen LogP contribution in [0.3, 0.4) is 0 Å². The molecular formula is C18H13O5P. The molecule has 0 aliphatic carbocycles. The molecule has 0 bridgehead atoms. The minimum absolute atomic E-state index is 0.527. The monoisotopic (exact) mass is 340 g/mol. The van der Waals surface area contributed by atoms with E-state index in [1.54, 1.807) is 36.4 Å². The molecule has 120 valence electrons. The van der Waals surface area contributed by atoms with Crippen molar-refractivity contribution in [1.29, 1.82) is 0 Å². The van der Waals surface area contributed by atoms with Crippen LogP contribution in [-0.2, 0) is 0 Å². The van der Waals surface area contributed by atoms with Crippen LogP contribution in [0, 0.1) is 0 Å². The van der Waals surface area contributed by atoms with Crippen molar-refractivity contribution < 1.29 is 22.6 Å². The first kappa shape index (κ1) is 13.5. The van der Waals surface area contributed by atoms with Gasteiger partial charge in [-0.2, -0.15) is 0 Å². The second kappa shape index (κ2) is 4.56. The van der Waals surface area contributed by atoms with Crippen LogP contribution in [0.15, 0.2) is 78.9 Å². The Morgan fingerprint density at radius 1 is 0.500 bits per heavy atom. The molecule has 6 heteroatoms. The molecule has 2 heterocycles. The standard InChI is InChI=1S/C18H13O5P/c1-2-8-14(9-3-1)19-24(20-15-10-4-5-11-16(15)21-24)22-17-12-6-7-13-18(17)23-24/h1-13H. The Hall–Kier alpha value is -2.91. The van der Waals surface area contributed by atoms with Crippen molar-refractivity contribution in [3.8, 4) is 28.7 Å². The van der Waals surface area contributed by atoms with Crippen LogP contribution in [0.2, 0.25) is 0 Å². The van der Waals surface area contributed by atoms with Gasteiger partial charge >= 0.3 is 138 Å². The van der Waals surface area contributed by atoms with E-state index in [0.717, 1.165) is 0 Å². The molecule has 0 fully saturated rings. The van der Waals surface area contributed by atoms with Gasteiger partial charge in [0, 0.05) is 0 Å². The molecule has 0 radical (unpaired) electrons. The van der Waals surface area contributed by atoms with E-state index in [2.05, 4.69) is 0 Å². The van der Waals surface area contributed by atoms with Crippen molar-refractivity contribution in [2.75, 3.05) is 0 Å². The first-order valence-electron chi connectivity index (χ1n) is 7.50. The molecule has 5 nitrogen and oxygen atoms in total. The normalized spacial score (nSPS) is 19.4. The Kier molecular flexibility index (Phi) is 2.57. The first-order valence-corrected chi connectivity index (χ1v) is 9.32. The van der Waals surface area contributed by atoms with Crippen molar-refractivity contribution in [3.63, 3.8) is 0 Å². The molecule has 2 aliphatic rings. The molecule has 5 rings (SSSR count). The maximum atomic E-state index is 6.12. The van der Waals surface area contributed by atoms with Crippen LogP contribution in [0.1, 0.15) is 0 Å². The molecule has 0 aromatic heterocycles. The van der Waals surface area contributed by atoms with Crippen molar-refractivity contribution >= 4 is 7.74 Å². The average molecular weight is 340 g/mol. The van der Waals surface area contributed by atoms with E-state index < -0.39 is 7.74 Å². The third-order valence-electron chi connectivity index (χ3n) is 3.69. The van der Waals surface area contributed by atoms with Crippen molar-refractivity contribution in [1.82, 2.24) is 0 Å². The molecule has 24 heavy (non-hydrogen) atoms. The molecule has 3 aromatic carbocycles. The molecule has 1 spiro atoms. The van der Waals surface area contributed by atoms with Gasteiger partial charge in [-0.3, -0.25) is 0 Å². The third-order valence-corrected chi connectivity index (χ3v) is 6.17. The van der Waals surface area contributed by atoms with Gasteiger partial charge in [-0.05, 0) is 0 Å². The van der Waals surface area contributed by atoms with E-state index in [1.165, 1.54) is 0 Å². The second-order valence-corrected chi connectivity index (χ2v) is 7.81. The van der Waals surface area contributed by atoms with Gasteiger partial charge < -0.3 is 0 Å². The molecule has 0 unspecified atom stereocenters. The summed E-state index contributed by atoms with van der Waals surface area (Å²) in [6, 6.07) is 23.8. The summed E-state index contributed by atoms with van der Waals surface area (Å²) >= 11 is 0. The molecule has 0 saturated heterocycles. The van der Waals surface area contributed by atoms with E-state index in [4.69, 9.17) is 22.6 Å². The zero-order valence-electron chi connectivity index (χ0n) is 12.5. The van der Waals surface area contributed by atoms with Crippen molar-refractivity contribution in [2.45, 2.75) is 0 Å². The van der Waals surface area contributed by atoms with Gasteiger partial charge in [-0.1, -0.05) is 0 Å². The zero-order chi connectivity index (χ0) is 16.1. The van der Waals surface area contributed by atoms with E-state index >= 15 is 0 Å². The van der Waals surface area contributed by atoms with Gasteiger partial charge in [0.05, 0.1) is 0 Å². The van der Waals surface area contributed by atoms with Gasteiger partial charge in [0.2, 0.25) is 0 Å². The molecular weight excluding hydrogens is 327 g/mol. The molecule has 0 saturated carbocycles. The SMILES string of the molecule is c1ccc(OP23(Oc4ccccc4O2)Oc2ccccc2O3)cc1. The molecule has 3 aromatic rings. The third kappa shape index (κ3) is 1.92. The van der Waals surface area contributed by atoms with Gasteiger partial charge in [0.1, 0.15) is 0 Å². The number of para-hydroxylation sites is 5. The quantitative estimate of drug-likeness (QED) is 0.605. The van der Waals surface area contributed by atoms with E-state index in [9.17, 15) is 0 Å². The Balaban J connectivity index is 1.64. The van der Waals surface area contributed by atoms with Crippen LogP contribution < -0.4 is 22.6 Å². The number of hydrogen-bond donors (Lipinski definition) is 0. The summed E-state index contributed by atoms with van der Waals surface area (Å²) in [7, 11) is -4.36. The Morgan fingerprint density at radius 2 is 0.875 bits per heavy atom. The van der Waals surface area contributed by atoms with Gasteiger partial charge in [0.25, 0.3) is 0 Å². The summed E-state index contributed by atoms with van der Waals surface area (Å²) in [6.07, 6.45) is 0. The minimum atomic E-state index is -4.36. The fourth-order valence-electron chi connectivity index (χ4n) is 2.68. The summed E-state index contributed by atoms with van der Waals surface area (Å²) in [5.41, 5.74) is 0. The summed E-state index contributed by atoms with van der Waals surface area (Å²) in [5.74, 6) is 2.64. The van der Waals surface area contributed by atoms with E-state index in [0.29, 0.717) is 28.7 Å². The maximum absolute atomic E-state index is 6.12. The number of benzene rings is 3. The Morgan fingerprint density at radius 3 is 1.29 bits per heavy atom. The van der Waals surface area contributed by atoms with Gasteiger partial charge in [0.15, 0.2) is 0 Å². The number of hydrogen-bond acceptors (Lipinski definition) is 5. The Bertz CT molecular complexity index is 814. The predicted octanol–water partition coefficient (Wildman–Crippen LogP) is 5.14. The van der Waals surface area contributed by atoms with Crippen LogP contribution in [0.4, 0.5) is 0 Å². The van der Waals surface area contributed by atoms with Gasteiger partial charge in [-0.25, -0.2) is 0 Å². The topological polar surface area (TPSA) is 46.2 Å². The number of fused-ring (bicyclic) bond motifs is 2. The van der Waals surface area contributed by atoms with Crippen LogP contribution in [0.25, 0.3) is 0 Å². The van der Waals surface area contributed by atoms with Crippen LogP contribution in [0.5, 0.6) is 28.7 Å². The second-order valence-electron chi connectivity index (χ2n) is 5.41. The Labute approximate surface area is 138 Å². The van der Waals surface area contributed by atoms with E-state index in [-0.39, 0.29) is 0 Å². The summed E-state index contributed by atoms with van der Waals surface area (Å²) in [4.78, 5) is 0. The summed E-state index contributed by atoms with van der Waals surface area (Å²) < 4.78 is 30.4. The van der Waals surface area contributed by atoms with Crippen LogP contribution >= 0.6 is 7.74 Å². The number of rotatable bonds is 2. The van der Waals surface area contributed by atoms with Crippen LogP contribution in [-0.4, -0.2) is 0 Å². The van der Waals surface area contributed by atoms with E-state index in [1.807, 2.05) is 42.5 Å². The van der Waals surface area contributed by atoms with Crippen molar-refractivity contribution in [2.24, 2.45) is 0 Å². The molecule has 0 amide bonds. The average Bonchev–Trinajstić information content (AvgIpc) is 3.09. The summed E-state index contributed by atoms with van der Waals surface area (Å²) in [6.45, 7) is 0. The van der Waals surface area contributed by atoms with Gasteiger partial charge in [-0.15, -0.1) is 0 Å². The zero-order valence-corrected chi connectivity index (χ0v) is 13.4. The molecule has 2 aliphatic heterocycles. The molecule has 0 N–H and O–H groups in total. The molecule has 0 atom stereocenters. The predicted molar refractivity (Wildman–Crippen MR) is 89.4 cm³/mol. The summed E-state index contributed by atoms with van der Waals surface area (Å²) in [5, 5.41) is 0. The first-order chi connectivity index (χ1) is 11.7. The fourth-order valence-corrected chi connectivity index (χ4v) is 5.41.